The SMILES string of the molecule is COC(=O)C1CCN(Cc2ccc(-c3noc(-c4ccc(OC5CCCC5)c(C#N)c4)n3)cc2)C1. The van der Waals surface area contributed by atoms with Gasteiger partial charge in [0, 0.05) is 24.2 Å². The Kier molecular flexibility index (Phi) is 6.77. The van der Waals surface area contributed by atoms with E-state index in [-0.39, 0.29) is 18.0 Å². The number of hydrogen-bond donors (Lipinski definition) is 0. The second kappa shape index (κ2) is 10.3. The van der Waals surface area contributed by atoms with Gasteiger partial charge in [-0.15, -0.1) is 0 Å². The van der Waals surface area contributed by atoms with Gasteiger partial charge in [0.05, 0.1) is 24.7 Å². The van der Waals surface area contributed by atoms with E-state index in [0.717, 1.165) is 50.0 Å². The van der Waals surface area contributed by atoms with Gasteiger partial charge in [-0.1, -0.05) is 29.4 Å². The first kappa shape index (κ1) is 23.1. The summed E-state index contributed by atoms with van der Waals surface area (Å²) in [6.07, 6.45) is 5.42. The van der Waals surface area contributed by atoms with Crippen LogP contribution >= 0.6 is 0 Å². The van der Waals surface area contributed by atoms with Crippen LogP contribution < -0.4 is 4.74 Å². The van der Waals surface area contributed by atoms with Crippen molar-refractivity contribution in [1.82, 2.24) is 15.0 Å². The van der Waals surface area contributed by atoms with Gasteiger partial charge in [0.15, 0.2) is 0 Å². The van der Waals surface area contributed by atoms with Gasteiger partial charge in [-0.25, -0.2) is 0 Å². The first-order chi connectivity index (χ1) is 17.1. The van der Waals surface area contributed by atoms with Crippen LogP contribution in [0.5, 0.6) is 5.75 Å². The fourth-order valence-electron chi connectivity index (χ4n) is 4.85. The van der Waals surface area contributed by atoms with Crippen molar-refractivity contribution in [2.45, 2.75) is 44.8 Å². The van der Waals surface area contributed by atoms with Gasteiger partial charge in [0.1, 0.15) is 11.8 Å². The molecule has 1 aliphatic heterocycles. The number of aromatic nitrogens is 2. The van der Waals surface area contributed by atoms with Crippen LogP contribution in [0.2, 0.25) is 0 Å². The molecule has 0 spiro atoms. The lowest BCUT2D eigenvalue weighted by Crippen LogP contribution is -2.23. The third kappa shape index (κ3) is 5.20. The molecule has 8 heteroatoms. The Balaban J connectivity index is 1.25. The second-order valence-electron chi connectivity index (χ2n) is 9.21. The monoisotopic (exact) mass is 472 g/mol. The zero-order valence-corrected chi connectivity index (χ0v) is 19.8. The molecule has 2 aliphatic rings. The number of nitriles is 1. The third-order valence-corrected chi connectivity index (χ3v) is 6.79. The molecule has 8 nitrogen and oxygen atoms in total. The maximum atomic E-state index is 11.7. The molecule has 1 saturated carbocycles. The van der Waals surface area contributed by atoms with Gasteiger partial charge >= 0.3 is 5.97 Å². The van der Waals surface area contributed by atoms with Crippen molar-refractivity contribution in [3.63, 3.8) is 0 Å². The fourth-order valence-corrected chi connectivity index (χ4v) is 4.85. The van der Waals surface area contributed by atoms with Crippen LogP contribution in [0.15, 0.2) is 47.0 Å². The summed E-state index contributed by atoms with van der Waals surface area (Å²) in [4.78, 5) is 18.5. The third-order valence-electron chi connectivity index (χ3n) is 6.79. The van der Waals surface area contributed by atoms with E-state index in [4.69, 9.17) is 14.0 Å². The number of ether oxygens (including phenoxy) is 2. The van der Waals surface area contributed by atoms with E-state index in [1.165, 1.54) is 20.0 Å². The average Bonchev–Trinajstić information content (AvgIpc) is 3.67. The van der Waals surface area contributed by atoms with Gasteiger partial charge in [-0.05, 0) is 62.4 Å². The molecule has 180 valence electrons. The molecule has 1 unspecified atom stereocenters. The minimum atomic E-state index is -0.131. The Hall–Kier alpha value is -3.70. The first-order valence-electron chi connectivity index (χ1n) is 12.1. The van der Waals surface area contributed by atoms with Gasteiger partial charge in [-0.2, -0.15) is 10.2 Å². The predicted octanol–water partition coefficient (Wildman–Crippen LogP) is 4.59. The molecular formula is C27H28N4O4. The van der Waals surface area contributed by atoms with Crippen molar-refractivity contribution in [3.05, 3.63) is 53.6 Å². The van der Waals surface area contributed by atoms with E-state index in [2.05, 4.69) is 21.1 Å². The minimum Gasteiger partial charge on any atom is -0.489 e. The Morgan fingerprint density at radius 3 is 2.66 bits per heavy atom. The highest BCUT2D eigenvalue weighted by molar-refractivity contribution is 5.72. The van der Waals surface area contributed by atoms with Crippen LogP contribution in [-0.2, 0) is 16.1 Å². The summed E-state index contributed by atoms with van der Waals surface area (Å²) in [7, 11) is 1.44. The summed E-state index contributed by atoms with van der Waals surface area (Å²) in [5.74, 6) is 1.28. The molecule has 0 N–H and O–H groups in total. The number of hydrogen-bond acceptors (Lipinski definition) is 8. The van der Waals surface area contributed by atoms with Gasteiger partial charge < -0.3 is 14.0 Å². The van der Waals surface area contributed by atoms with Gasteiger partial charge in [0.2, 0.25) is 5.82 Å². The molecular weight excluding hydrogens is 444 g/mol. The number of esters is 1. The fraction of sp³-hybridized carbons (Fsp3) is 0.407. The minimum absolute atomic E-state index is 0.0399. The number of nitrogens with zero attached hydrogens (tertiary/aromatic N) is 4. The highest BCUT2D eigenvalue weighted by Gasteiger charge is 2.28. The zero-order valence-electron chi connectivity index (χ0n) is 19.8. The maximum absolute atomic E-state index is 11.7. The standard InChI is InChI=1S/C27H28N4O4/c1-33-27(32)21-12-13-31(17-21)16-18-6-8-19(9-7-18)25-29-26(35-30-25)20-10-11-24(22(14-20)15-28)34-23-4-2-3-5-23/h6-11,14,21,23H,2-5,12-13,16-17H2,1H3. The maximum Gasteiger partial charge on any atom is 0.310 e. The summed E-state index contributed by atoms with van der Waals surface area (Å²) >= 11 is 0. The number of rotatable bonds is 7. The first-order valence-corrected chi connectivity index (χ1v) is 12.1. The molecule has 1 aliphatic carbocycles. The second-order valence-corrected chi connectivity index (χ2v) is 9.21. The van der Waals surface area contributed by atoms with Crippen LogP contribution in [0.1, 0.15) is 43.2 Å². The molecule has 1 atom stereocenters. The molecule has 35 heavy (non-hydrogen) atoms. The number of likely N-dealkylation sites (tertiary alicyclic amines) is 1. The summed E-state index contributed by atoms with van der Waals surface area (Å²) in [6.45, 7) is 2.38. The number of carbonyl (C=O) groups excluding carboxylic acids is 1. The van der Waals surface area contributed by atoms with Gasteiger partial charge in [-0.3, -0.25) is 9.69 Å². The summed E-state index contributed by atoms with van der Waals surface area (Å²) in [6, 6.07) is 15.6. The molecule has 5 rings (SSSR count). The lowest BCUT2D eigenvalue weighted by molar-refractivity contribution is -0.144. The Morgan fingerprint density at radius 2 is 1.91 bits per heavy atom. The number of benzene rings is 2. The molecule has 3 aromatic rings. The summed E-state index contributed by atoms with van der Waals surface area (Å²) < 4.78 is 16.4. The van der Waals surface area contributed by atoms with E-state index < -0.39 is 0 Å². The topological polar surface area (TPSA) is 101 Å². The molecule has 0 bridgehead atoms. The van der Waals surface area contributed by atoms with Crippen LogP contribution in [0, 0.1) is 17.2 Å². The van der Waals surface area contributed by atoms with E-state index >= 15 is 0 Å². The highest BCUT2D eigenvalue weighted by atomic mass is 16.5. The van der Waals surface area contributed by atoms with Crippen molar-refractivity contribution in [3.8, 4) is 34.7 Å². The summed E-state index contributed by atoms with van der Waals surface area (Å²) in [5, 5.41) is 13.7. The molecule has 2 heterocycles. The van der Waals surface area contributed by atoms with E-state index in [1.807, 2.05) is 36.4 Å². The number of carbonyl (C=O) groups is 1. The van der Waals surface area contributed by atoms with Crippen molar-refractivity contribution < 1.29 is 18.8 Å². The summed E-state index contributed by atoms with van der Waals surface area (Å²) in [5.41, 5.74) is 3.15. The number of methoxy groups -OCH3 is 1. The van der Waals surface area contributed by atoms with Gasteiger partial charge in [0.25, 0.3) is 5.89 Å². The highest BCUT2D eigenvalue weighted by Crippen LogP contribution is 2.30. The molecule has 0 amide bonds. The van der Waals surface area contributed by atoms with Crippen molar-refractivity contribution >= 4 is 5.97 Å². The lowest BCUT2D eigenvalue weighted by atomic mass is 10.1. The Labute approximate surface area is 204 Å². The van der Waals surface area contributed by atoms with Crippen molar-refractivity contribution in [2.75, 3.05) is 20.2 Å². The van der Waals surface area contributed by atoms with Crippen LogP contribution in [0.25, 0.3) is 22.8 Å². The van der Waals surface area contributed by atoms with Crippen LogP contribution in [0.3, 0.4) is 0 Å². The van der Waals surface area contributed by atoms with Crippen LogP contribution in [-0.4, -0.2) is 47.3 Å². The van der Waals surface area contributed by atoms with Crippen molar-refractivity contribution in [2.24, 2.45) is 5.92 Å². The smallest absolute Gasteiger partial charge is 0.310 e. The Bertz CT molecular complexity index is 1220. The molecule has 1 saturated heterocycles. The molecule has 1 aromatic heterocycles. The van der Waals surface area contributed by atoms with E-state index in [1.54, 1.807) is 6.07 Å². The van der Waals surface area contributed by atoms with Crippen LogP contribution in [0.4, 0.5) is 0 Å². The van der Waals surface area contributed by atoms with E-state index in [0.29, 0.717) is 28.6 Å². The van der Waals surface area contributed by atoms with Crippen molar-refractivity contribution in [1.29, 1.82) is 5.26 Å². The molecule has 2 fully saturated rings. The largest absolute Gasteiger partial charge is 0.489 e. The zero-order chi connectivity index (χ0) is 24.2. The molecule has 0 radical (unpaired) electrons. The van der Waals surface area contributed by atoms with E-state index in [9.17, 15) is 10.1 Å². The lowest BCUT2D eigenvalue weighted by Gasteiger charge is -2.15. The average molecular weight is 473 g/mol. The Morgan fingerprint density at radius 1 is 1.14 bits per heavy atom. The quantitative estimate of drug-likeness (QED) is 0.460. The molecule has 2 aromatic carbocycles. The predicted molar refractivity (Wildman–Crippen MR) is 128 cm³/mol. The normalized spacial score (nSPS) is 18.5.